The topological polar surface area (TPSA) is 38.7 Å². The second kappa shape index (κ2) is 4.57. The Morgan fingerprint density at radius 2 is 2.07 bits per heavy atom. The van der Waals surface area contributed by atoms with Crippen LogP contribution < -0.4 is 0 Å². The van der Waals surface area contributed by atoms with Gasteiger partial charge in [-0.1, -0.05) is 30.3 Å². The summed E-state index contributed by atoms with van der Waals surface area (Å²) in [6.07, 6.45) is 1.57. The SMILES string of the molecule is C=CCC(O)c1ccc(C2OCO2)cc1. The number of ether oxygens (including phenoxy) is 2. The highest BCUT2D eigenvalue weighted by molar-refractivity contribution is 5.25. The molecule has 3 heteroatoms. The van der Waals surface area contributed by atoms with Crippen LogP contribution in [0.25, 0.3) is 0 Å². The summed E-state index contributed by atoms with van der Waals surface area (Å²) >= 11 is 0. The van der Waals surface area contributed by atoms with E-state index >= 15 is 0 Å². The highest BCUT2D eigenvalue weighted by Crippen LogP contribution is 2.27. The fourth-order valence-corrected chi connectivity index (χ4v) is 1.50. The molecular weight excluding hydrogens is 192 g/mol. The summed E-state index contributed by atoms with van der Waals surface area (Å²) in [6, 6.07) is 7.58. The highest BCUT2D eigenvalue weighted by atomic mass is 16.8. The second-order valence-electron chi connectivity index (χ2n) is 3.49. The van der Waals surface area contributed by atoms with Gasteiger partial charge in [0.25, 0.3) is 0 Å². The van der Waals surface area contributed by atoms with Crippen LogP contribution in [0.3, 0.4) is 0 Å². The van der Waals surface area contributed by atoms with Gasteiger partial charge in [0.05, 0.1) is 6.10 Å². The van der Waals surface area contributed by atoms with E-state index in [9.17, 15) is 5.11 Å². The van der Waals surface area contributed by atoms with Crippen molar-refractivity contribution in [2.45, 2.75) is 18.8 Å². The molecule has 1 aliphatic heterocycles. The maximum Gasteiger partial charge on any atom is 0.189 e. The largest absolute Gasteiger partial charge is 0.388 e. The zero-order valence-corrected chi connectivity index (χ0v) is 8.43. The van der Waals surface area contributed by atoms with Crippen LogP contribution in [0.4, 0.5) is 0 Å². The van der Waals surface area contributed by atoms with Gasteiger partial charge in [-0.3, -0.25) is 0 Å². The smallest absolute Gasteiger partial charge is 0.189 e. The summed E-state index contributed by atoms with van der Waals surface area (Å²) in [5.41, 5.74) is 1.87. The number of benzene rings is 1. The molecule has 3 nitrogen and oxygen atoms in total. The van der Waals surface area contributed by atoms with Crippen LogP contribution in [0, 0.1) is 0 Å². The lowest BCUT2D eigenvalue weighted by Gasteiger charge is -2.27. The molecular formula is C12H14O3. The van der Waals surface area contributed by atoms with Crippen molar-refractivity contribution in [3.63, 3.8) is 0 Å². The van der Waals surface area contributed by atoms with E-state index in [4.69, 9.17) is 9.47 Å². The van der Waals surface area contributed by atoms with Crippen molar-refractivity contribution in [3.05, 3.63) is 48.0 Å². The monoisotopic (exact) mass is 206 g/mol. The zero-order chi connectivity index (χ0) is 10.7. The molecule has 0 bridgehead atoms. The first-order valence-corrected chi connectivity index (χ1v) is 4.93. The molecule has 1 aromatic rings. The van der Waals surface area contributed by atoms with Gasteiger partial charge in [-0.05, 0) is 12.0 Å². The van der Waals surface area contributed by atoms with E-state index in [-0.39, 0.29) is 6.29 Å². The van der Waals surface area contributed by atoms with E-state index in [1.807, 2.05) is 24.3 Å². The van der Waals surface area contributed by atoms with E-state index < -0.39 is 6.10 Å². The molecule has 1 atom stereocenters. The van der Waals surface area contributed by atoms with Gasteiger partial charge in [-0.2, -0.15) is 0 Å². The first-order chi connectivity index (χ1) is 7.31. The maximum atomic E-state index is 9.69. The molecule has 1 N–H and O–H groups in total. The normalized spacial score (nSPS) is 18.2. The lowest BCUT2D eigenvalue weighted by atomic mass is 10.0. The molecule has 0 spiro atoms. The van der Waals surface area contributed by atoms with Gasteiger partial charge in [0.1, 0.15) is 0 Å². The summed E-state index contributed by atoms with van der Waals surface area (Å²) in [4.78, 5) is 0. The number of aliphatic hydroxyl groups excluding tert-OH is 1. The summed E-state index contributed by atoms with van der Waals surface area (Å²) in [7, 11) is 0. The second-order valence-corrected chi connectivity index (χ2v) is 3.49. The number of hydrogen-bond donors (Lipinski definition) is 1. The van der Waals surface area contributed by atoms with Gasteiger partial charge in [-0.25, -0.2) is 0 Å². The average Bonchev–Trinajstić information content (AvgIpc) is 2.16. The van der Waals surface area contributed by atoms with Crippen molar-refractivity contribution in [2.24, 2.45) is 0 Å². The highest BCUT2D eigenvalue weighted by Gasteiger charge is 2.20. The van der Waals surface area contributed by atoms with E-state index in [2.05, 4.69) is 6.58 Å². The summed E-state index contributed by atoms with van der Waals surface area (Å²) in [5, 5.41) is 9.69. The standard InChI is InChI=1S/C12H14O3/c1-2-3-11(13)9-4-6-10(7-5-9)12-14-8-15-12/h2,4-7,11-13H,1,3,8H2. The molecule has 0 amide bonds. The number of rotatable bonds is 4. The lowest BCUT2D eigenvalue weighted by molar-refractivity contribution is -0.326. The van der Waals surface area contributed by atoms with Crippen molar-refractivity contribution < 1.29 is 14.6 Å². The summed E-state index contributed by atoms with van der Waals surface area (Å²) < 4.78 is 10.3. The van der Waals surface area contributed by atoms with Crippen molar-refractivity contribution in [2.75, 3.05) is 6.79 Å². The van der Waals surface area contributed by atoms with Crippen LogP contribution in [-0.2, 0) is 9.47 Å². The number of aliphatic hydroxyl groups is 1. The van der Waals surface area contributed by atoms with Gasteiger partial charge < -0.3 is 14.6 Å². The van der Waals surface area contributed by atoms with Crippen LogP contribution in [0.5, 0.6) is 0 Å². The van der Waals surface area contributed by atoms with Crippen molar-refractivity contribution in [1.82, 2.24) is 0 Å². The third-order valence-electron chi connectivity index (χ3n) is 2.42. The van der Waals surface area contributed by atoms with Gasteiger partial charge in [0.2, 0.25) is 0 Å². The van der Waals surface area contributed by atoms with E-state index in [1.165, 1.54) is 0 Å². The van der Waals surface area contributed by atoms with Crippen LogP contribution in [0.1, 0.15) is 29.9 Å². The molecule has 0 aliphatic carbocycles. The van der Waals surface area contributed by atoms with Crippen LogP contribution >= 0.6 is 0 Å². The van der Waals surface area contributed by atoms with E-state index in [1.54, 1.807) is 6.08 Å². The van der Waals surface area contributed by atoms with Crippen molar-refractivity contribution in [3.8, 4) is 0 Å². The molecule has 0 aromatic heterocycles. The van der Waals surface area contributed by atoms with Gasteiger partial charge in [-0.15, -0.1) is 6.58 Å². The van der Waals surface area contributed by atoms with Crippen LogP contribution in [-0.4, -0.2) is 11.9 Å². The molecule has 1 heterocycles. The first-order valence-electron chi connectivity index (χ1n) is 4.93. The van der Waals surface area contributed by atoms with E-state index in [0.717, 1.165) is 11.1 Å². The minimum atomic E-state index is -0.472. The Kier molecular flexibility index (Phi) is 3.16. The van der Waals surface area contributed by atoms with Gasteiger partial charge in [0, 0.05) is 5.56 Å². The summed E-state index contributed by atoms with van der Waals surface area (Å²) in [6.45, 7) is 3.96. The Hall–Kier alpha value is -1.16. The molecule has 1 saturated heterocycles. The zero-order valence-electron chi connectivity index (χ0n) is 8.43. The Labute approximate surface area is 88.9 Å². The predicted molar refractivity (Wildman–Crippen MR) is 56.0 cm³/mol. The Morgan fingerprint density at radius 3 is 2.53 bits per heavy atom. The minimum Gasteiger partial charge on any atom is -0.388 e. The third kappa shape index (κ3) is 2.26. The average molecular weight is 206 g/mol. The van der Waals surface area contributed by atoms with Crippen LogP contribution in [0.15, 0.2) is 36.9 Å². The minimum absolute atomic E-state index is 0.226. The fraction of sp³-hybridized carbons (Fsp3) is 0.333. The Balaban J connectivity index is 2.05. The molecule has 15 heavy (non-hydrogen) atoms. The molecule has 1 fully saturated rings. The third-order valence-corrected chi connectivity index (χ3v) is 2.42. The fourth-order valence-electron chi connectivity index (χ4n) is 1.50. The quantitative estimate of drug-likeness (QED) is 0.768. The lowest BCUT2D eigenvalue weighted by Crippen LogP contribution is -2.21. The van der Waals surface area contributed by atoms with Crippen molar-refractivity contribution in [1.29, 1.82) is 0 Å². The van der Waals surface area contributed by atoms with E-state index in [0.29, 0.717) is 13.2 Å². The van der Waals surface area contributed by atoms with Crippen LogP contribution in [0.2, 0.25) is 0 Å². The maximum absolute atomic E-state index is 9.69. The first kappa shape index (κ1) is 10.4. The summed E-state index contributed by atoms with van der Waals surface area (Å²) in [5.74, 6) is 0. The van der Waals surface area contributed by atoms with Gasteiger partial charge >= 0.3 is 0 Å². The molecule has 80 valence electrons. The molecule has 1 aliphatic rings. The Bertz CT molecular complexity index is 327. The number of hydrogen-bond acceptors (Lipinski definition) is 3. The predicted octanol–water partition coefficient (Wildman–Crippen LogP) is 2.30. The van der Waals surface area contributed by atoms with Gasteiger partial charge in [0.15, 0.2) is 13.1 Å². The molecule has 1 unspecified atom stereocenters. The molecule has 0 saturated carbocycles. The molecule has 2 rings (SSSR count). The van der Waals surface area contributed by atoms with Crippen molar-refractivity contribution >= 4 is 0 Å². The molecule has 0 radical (unpaired) electrons. The molecule has 1 aromatic carbocycles. The Morgan fingerprint density at radius 1 is 1.40 bits per heavy atom.